The second-order valence-corrected chi connectivity index (χ2v) is 9.65. The van der Waals surface area contributed by atoms with Crippen molar-refractivity contribution in [1.29, 1.82) is 0 Å². The maximum absolute atomic E-state index is 13.5. The Morgan fingerprint density at radius 2 is 1.34 bits per heavy atom. The number of nitrogens with zero attached hydrogens (tertiary/aromatic N) is 1. The molecule has 2 N–H and O–H groups in total. The summed E-state index contributed by atoms with van der Waals surface area (Å²) in [6.07, 6.45) is 10.3. The van der Waals surface area contributed by atoms with Crippen LogP contribution >= 0.6 is 0 Å². The second-order valence-electron chi connectivity index (χ2n) is 9.65. The van der Waals surface area contributed by atoms with Gasteiger partial charge in [0.15, 0.2) is 0 Å². The Hall–Kier alpha value is -2.63. The van der Waals surface area contributed by atoms with Gasteiger partial charge in [-0.3, -0.25) is 14.4 Å². The Morgan fingerprint density at radius 3 is 1.84 bits per heavy atom. The summed E-state index contributed by atoms with van der Waals surface area (Å²) in [5.74, 6) is -1.11. The molecule has 1 aromatic carbocycles. The van der Waals surface area contributed by atoms with Crippen molar-refractivity contribution in [2.24, 2.45) is 0 Å². The number of hydrogen-bond acceptors (Lipinski definition) is 3. The molecule has 4 rings (SSSR count). The van der Waals surface area contributed by atoms with Crippen molar-refractivity contribution in [2.75, 3.05) is 4.90 Å². The summed E-state index contributed by atoms with van der Waals surface area (Å²) in [7, 11) is 0. The van der Waals surface area contributed by atoms with Crippen LogP contribution in [0.5, 0.6) is 0 Å². The number of para-hydroxylation sites is 1. The molecule has 0 unspecified atom stereocenters. The number of carbonyl (C=O) groups is 3. The minimum atomic E-state index is -0.422. The lowest BCUT2D eigenvalue weighted by atomic mass is 9.93. The number of hydrogen-bond donors (Lipinski definition) is 2. The molecular weight excluding hydrogens is 402 g/mol. The number of benzene rings is 1. The summed E-state index contributed by atoms with van der Waals surface area (Å²) in [6, 6.07) is 7.50. The quantitative estimate of drug-likeness (QED) is 0.414. The SMILES string of the molecule is CC(C)N1C(=O)C(=C(C(=O)NC2CCCCC2)C(=O)NC2CCCCC2)c2ccccc21. The molecule has 0 bridgehead atoms. The number of fused-ring (bicyclic) bond motifs is 1. The Bertz CT molecular complexity index is 875. The third-order valence-electron chi connectivity index (χ3n) is 6.97. The molecule has 1 heterocycles. The molecule has 0 aromatic heterocycles. The van der Waals surface area contributed by atoms with Crippen LogP contribution in [0.2, 0.25) is 0 Å². The van der Waals surface area contributed by atoms with Gasteiger partial charge in [-0.15, -0.1) is 0 Å². The zero-order valence-electron chi connectivity index (χ0n) is 19.3. The topological polar surface area (TPSA) is 78.5 Å². The van der Waals surface area contributed by atoms with E-state index in [-0.39, 0.29) is 35.2 Å². The molecule has 2 fully saturated rings. The van der Waals surface area contributed by atoms with Gasteiger partial charge >= 0.3 is 0 Å². The van der Waals surface area contributed by atoms with E-state index in [4.69, 9.17) is 0 Å². The summed E-state index contributed by atoms with van der Waals surface area (Å²) >= 11 is 0. The number of nitrogens with one attached hydrogen (secondary N) is 2. The predicted octanol–water partition coefficient (Wildman–Crippen LogP) is 4.09. The molecule has 1 aromatic rings. The van der Waals surface area contributed by atoms with E-state index in [0.29, 0.717) is 5.56 Å². The number of rotatable bonds is 5. The molecular formula is C26H35N3O3. The molecule has 6 nitrogen and oxygen atoms in total. The highest BCUT2D eigenvalue weighted by Gasteiger charge is 2.40. The third-order valence-corrected chi connectivity index (χ3v) is 6.97. The molecule has 32 heavy (non-hydrogen) atoms. The molecule has 172 valence electrons. The van der Waals surface area contributed by atoms with Crippen LogP contribution in [0, 0.1) is 0 Å². The highest BCUT2D eigenvalue weighted by atomic mass is 16.2. The van der Waals surface area contributed by atoms with E-state index in [1.807, 2.05) is 38.1 Å². The normalized spacial score (nSPS) is 19.8. The molecule has 1 aliphatic heterocycles. The standard InChI is InChI=1S/C26H35N3O3/c1-17(2)29-21-16-10-9-15-20(21)22(26(29)32)23(24(30)27-18-11-5-3-6-12-18)25(31)28-19-13-7-4-8-14-19/h9-10,15-19H,3-8,11-14H2,1-2H3,(H,27,30)(H,28,31). The summed E-state index contributed by atoms with van der Waals surface area (Å²) in [4.78, 5) is 42.3. The second kappa shape index (κ2) is 9.88. The van der Waals surface area contributed by atoms with Gasteiger partial charge in [-0.05, 0) is 45.6 Å². The van der Waals surface area contributed by atoms with Crippen LogP contribution in [0.4, 0.5) is 5.69 Å². The maximum Gasteiger partial charge on any atom is 0.260 e. The van der Waals surface area contributed by atoms with Gasteiger partial charge in [-0.1, -0.05) is 56.7 Å². The fraction of sp³-hybridized carbons (Fsp3) is 0.577. The molecule has 2 aliphatic carbocycles. The fourth-order valence-corrected chi connectivity index (χ4v) is 5.33. The van der Waals surface area contributed by atoms with Gasteiger partial charge in [-0.2, -0.15) is 0 Å². The van der Waals surface area contributed by atoms with Gasteiger partial charge in [0.25, 0.3) is 17.7 Å². The van der Waals surface area contributed by atoms with E-state index in [1.165, 1.54) is 12.8 Å². The van der Waals surface area contributed by atoms with Crippen molar-refractivity contribution in [3.8, 4) is 0 Å². The van der Waals surface area contributed by atoms with E-state index >= 15 is 0 Å². The highest BCUT2D eigenvalue weighted by molar-refractivity contribution is 6.42. The molecule has 0 saturated heterocycles. The largest absolute Gasteiger partial charge is 0.349 e. The third kappa shape index (κ3) is 4.59. The molecule has 3 aliphatic rings. The highest BCUT2D eigenvalue weighted by Crippen LogP contribution is 2.40. The summed E-state index contributed by atoms with van der Waals surface area (Å²) < 4.78 is 0. The van der Waals surface area contributed by atoms with Crippen molar-refractivity contribution in [3.05, 3.63) is 35.4 Å². The Labute approximate surface area is 190 Å². The summed E-state index contributed by atoms with van der Waals surface area (Å²) in [5.41, 5.74) is 1.63. The average Bonchev–Trinajstić information content (AvgIpc) is 3.07. The van der Waals surface area contributed by atoms with Crippen molar-refractivity contribution in [3.63, 3.8) is 0 Å². The summed E-state index contributed by atoms with van der Waals surface area (Å²) in [6.45, 7) is 3.89. The van der Waals surface area contributed by atoms with Crippen LogP contribution < -0.4 is 15.5 Å². The minimum absolute atomic E-state index is 0.0262. The van der Waals surface area contributed by atoms with Crippen molar-refractivity contribution in [2.45, 2.75) is 96.2 Å². The fourth-order valence-electron chi connectivity index (χ4n) is 5.33. The van der Waals surface area contributed by atoms with Crippen LogP contribution in [0.15, 0.2) is 29.8 Å². The first-order chi connectivity index (χ1) is 15.5. The van der Waals surface area contributed by atoms with Gasteiger partial charge in [0.2, 0.25) is 0 Å². The maximum atomic E-state index is 13.5. The number of amides is 3. The van der Waals surface area contributed by atoms with E-state index in [9.17, 15) is 14.4 Å². The van der Waals surface area contributed by atoms with E-state index in [0.717, 1.165) is 57.1 Å². The van der Waals surface area contributed by atoms with Crippen molar-refractivity contribution >= 4 is 29.0 Å². The molecule has 2 saturated carbocycles. The van der Waals surface area contributed by atoms with Crippen LogP contribution in [0.25, 0.3) is 5.57 Å². The van der Waals surface area contributed by atoms with E-state index < -0.39 is 11.8 Å². The molecule has 0 atom stereocenters. The van der Waals surface area contributed by atoms with Crippen LogP contribution in [-0.4, -0.2) is 35.8 Å². The Morgan fingerprint density at radius 1 is 0.844 bits per heavy atom. The zero-order chi connectivity index (χ0) is 22.7. The zero-order valence-corrected chi connectivity index (χ0v) is 19.3. The average molecular weight is 438 g/mol. The number of anilines is 1. The molecule has 3 amide bonds. The predicted molar refractivity (Wildman–Crippen MR) is 126 cm³/mol. The number of carbonyl (C=O) groups excluding carboxylic acids is 3. The first-order valence-electron chi connectivity index (χ1n) is 12.3. The van der Waals surface area contributed by atoms with Crippen LogP contribution in [0.3, 0.4) is 0 Å². The van der Waals surface area contributed by atoms with Gasteiger partial charge < -0.3 is 15.5 Å². The van der Waals surface area contributed by atoms with E-state index in [2.05, 4.69) is 10.6 Å². The Balaban J connectivity index is 1.73. The smallest absolute Gasteiger partial charge is 0.260 e. The van der Waals surface area contributed by atoms with Gasteiger partial charge in [0, 0.05) is 23.7 Å². The Kier molecular flexibility index (Phi) is 6.97. The van der Waals surface area contributed by atoms with Crippen molar-refractivity contribution < 1.29 is 14.4 Å². The van der Waals surface area contributed by atoms with Crippen LogP contribution in [-0.2, 0) is 14.4 Å². The first kappa shape index (κ1) is 22.6. The van der Waals surface area contributed by atoms with Gasteiger partial charge in [0.05, 0.1) is 11.3 Å². The van der Waals surface area contributed by atoms with Crippen LogP contribution in [0.1, 0.15) is 83.6 Å². The van der Waals surface area contributed by atoms with Crippen molar-refractivity contribution in [1.82, 2.24) is 10.6 Å². The molecule has 6 heteroatoms. The lowest BCUT2D eigenvalue weighted by Crippen LogP contribution is -2.45. The van der Waals surface area contributed by atoms with E-state index in [1.54, 1.807) is 4.90 Å². The molecule has 0 radical (unpaired) electrons. The lowest BCUT2D eigenvalue weighted by molar-refractivity contribution is -0.125. The molecule has 0 spiro atoms. The monoisotopic (exact) mass is 437 g/mol. The minimum Gasteiger partial charge on any atom is -0.349 e. The first-order valence-corrected chi connectivity index (χ1v) is 12.3. The van der Waals surface area contributed by atoms with Gasteiger partial charge in [-0.25, -0.2) is 0 Å². The van der Waals surface area contributed by atoms with Gasteiger partial charge in [0.1, 0.15) is 5.57 Å². The summed E-state index contributed by atoms with van der Waals surface area (Å²) in [5, 5.41) is 6.16. The lowest BCUT2D eigenvalue weighted by Gasteiger charge is -2.26.